The zero-order chi connectivity index (χ0) is 26.0. The van der Waals surface area contributed by atoms with Crippen molar-refractivity contribution < 1.29 is 19.6 Å². The second kappa shape index (κ2) is 10.8. The lowest BCUT2D eigenvalue weighted by molar-refractivity contribution is -0.386. The summed E-state index contributed by atoms with van der Waals surface area (Å²) in [5, 5.41) is 25.3. The molecule has 1 aliphatic carbocycles. The van der Waals surface area contributed by atoms with Crippen LogP contribution in [0.25, 0.3) is 10.9 Å². The number of aromatic nitrogens is 2. The summed E-state index contributed by atoms with van der Waals surface area (Å²) >= 11 is 9.60. The fourth-order valence-corrected chi connectivity index (χ4v) is 4.81. The molecule has 1 atom stereocenters. The van der Waals surface area contributed by atoms with Gasteiger partial charge in [0.05, 0.1) is 27.1 Å². The number of carboxylic acids is 1. The highest BCUT2D eigenvalue weighted by molar-refractivity contribution is 9.10. The number of carbonyl (C=O) groups is 1. The Morgan fingerprint density at radius 2 is 2.06 bits per heavy atom. The highest BCUT2D eigenvalue weighted by Crippen LogP contribution is 2.37. The Hall–Kier alpha value is -3.31. The Kier molecular flexibility index (Phi) is 7.70. The molecule has 12 heteroatoms. The minimum absolute atomic E-state index is 0.0582. The minimum Gasteiger partial charge on any atom is -0.479 e. The van der Waals surface area contributed by atoms with Crippen LogP contribution in [0.1, 0.15) is 56.3 Å². The predicted molar refractivity (Wildman–Crippen MR) is 138 cm³/mol. The quantitative estimate of drug-likeness (QED) is 0.222. The molecule has 3 aromatic rings. The first kappa shape index (κ1) is 25.8. The standard InChI is InChI=1S/C24H22BrClN4O6/c1-13(24(32)33)36-21-18(26)9-14(10-20(21)30(34)35)12-27-29-22(15-5-3-2-4-6-15)28-19-8-7-16(25)11-17(19)23(29)31/h7-13,15H,2-6H2,1H3,(H,32,33)/t13-/m0/s1. The molecular formula is C24H22BrClN4O6. The number of aliphatic carboxylic acids is 1. The van der Waals surface area contributed by atoms with Gasteiger partial charge in [-0.3, -0.25) is 14.9 Å². The van der Waals surface area contributed by atoms with Crippen LogP contribution < -0.4 is 10.3 Å². The molecule has 1 heterocycles. The van der Waals surface area contributed by atoms with Crippen LogP contribution in [0.15, 0.2) is 44.7 Å². The second-order valence-electron chi connectivity index (χ2n) is 8.53. The molecule has 1 aliphatic rings. The Balaban J connectivity index is 1.81. The summed E-state index contributed by atoms with van der Waals surface area (Å²) in [6.07, 6.45) is 4.90. The van der Waals surface area contributed by atoms with E-state index in [1.165, 1.54) is 23.9 Å². The number of fused-ring (bicyclic) bond motifs is 1. The van der Waals surface area contributed by atoms with Crippen molar-refractivity contribution in [3.05, 3.63) is 71.7 Å². The average molecular weight is 578 g/mol. The van der Waals surface area contributed by atoms with Gasteiger partial charge in [-0.15, -0.1) is 0 Å². The summed E-state index contributed by atoms with van der Waals surface area (Å²) in [6.45, 7) is 1.24. The molecule has 188 valence electrons. The summed E-state index contributed by atoms with van der Waals surface area (Å²) < 4.78 is 7.18. The number of benzene rings is 2. The third kappa shape index (κ3) is 5.41. The first-order valence-corrected chi connectivity index (χ1v) is 12.5. The van der Waals surface area contributed by atoms with Crippen LogP contribution in [0.2, 0.25) is 5.02 Å². The van der Waals surface area contributed by atoms with Gasteiger partial charge in [0.15, 0.2) is 6.10 Å². The van der Waals surface area contributed by atoms with Crippen molar-refractivity contribution in [2.24, 2.45) is 5.10 Å². The zero-order valence-electron chi connectivity index (χ0n) is 19.2. The van der Waals surface area contributed by atoms with E-state index in [2.05, 4.69) is 21.0 Å². The number of hydrogen-bond donors (Lipinski definition) is 1. The van der Waals surface area contributed by atoms with Crippen molar-refractivity contribution >= 4 is 56.3 Å². The van der Waals surface area contributed by atoms with E-state index in [-0.39, 0.29) is 27.8 Å². The smallest absolute Gasteiger partial charge is 0.344 e. The maximum absolute atomic E-state index is 13.4. The lowest BCUT2D eigenvalue weighted by Crippen LogP contribution is -2.25. The van der Waals surface area contributed by atoms with Crippen molar-refractivity contribution in [3.8, 4) is 5.75 Å². The fraction of sp³-hybridized carbons (Fsp3) is 0.333. The lowest BCUT2D eigenvalue weighted by atomic mass is 9.88. The number of halogens is 2. The largest absolute Gasteiger partial charge is 0.479 e. The summed E-state index contributed by atoms with van der Waals surface area (Å²) in [4.78, 5) is 40.2. The number of nitro groups is 1. The van der Waals surface area contributed by atoms with E-state index in [0.717, 1.165) is 42.6 Å². The van der Waals surface area contributed by atoms with E-state index in [4.69, 9.17) is 26.4 Å². The van der Waals surface area contributed by atoms with Crippen molar-refractivity contribution in [3.63, 3.8) is 0 Å². The summed E-state index contributed by atoms with van der Waals surface area (Å²) in [5.41, 5.74) is -0.0627. The van der Waals surface area contributed by atoms with Gasteiger partial charge in [-0.1, -0.05) is 46.8 Å². The molecule has 0 radical (unpaired) electrons. The molecule has 0 bridgehead atoms. The monoisotopic (exact) mass is 576 g/mol. The van der Waals surface area contributed by atoms with Crippen LogP contribution >= 0.6 is 27.5 Å². The molecule has 0 spiro atoms. The van der Waals surface area contributed by atoms with E-state index in [1.807, 2.05) is 6.07 Å². The van der Waals surface area contributed by atoms with Crippen LogP contribution in [-0.2, 0) is 4.79 Å². The molecule has 0 aliphatic heterocycles. The topological polar surface area (TPSA) is 137 Å². The third-order valence-corrected chi connectivity index (χ3v) is 6.79. The summed E-state index contributed by atoms with van der Waals surface area (Å²) in [5.74, 6) is -1.05. The third-order valence-electron chi connectivity index (χ3n) is 6.01. The molecule has 36 heavy (non-hydrogen) atoms. The van der Waals surface area contributed by atoms with Crippen LogP contribution in [-0.4, -0.2) is 38.0 Å². The van der Waals surface area contributed by atoms with Crippen LogP contribution in [0.3, 0.4) is 0 Å². The summed E-state index contributed by atoms with van der Waals surface area (Å²) in [6, 6.07) is 7.80. The van der Waals surface area contributed by atoms with E-state index in [9.17, 15) is 19.7 Å². The van der Waals surface area contributed by atoms with Gasteiger partial charge < -0.3 is 9.84 Å². The van der Waals surface area contributed by atoms with Gasteiger partial charge in [0.25, 0.3) is 5.56 Å². The van der Waals surface area contributed by atoms with Crippen molar-refractivity contribution in [2.75, 3.05) is 0 Å². The molecule has 1 saturated carbocycles. The van der Waals surface area contributed by atoms with Crippen LogP contribution in [0.5, 0.6) is 5.75 Å². The zero-order valence-corrected chi connectivity index (χ0v) is 21.5. The maximum atomic E-state index is 13.4. The first-order chi connectivity index (χ1) is 17.2. The normalized spacial score (nSPS) is 15.3. The van der Waals surface area contributed by atoms with Gasteiger partial charge in [0.1, 0.15) is 5.82 Å². The highest BCUT2D eigenvalue weighted by Gasteiger charge is 2.25. The Bertz CT molecular complexity index is 1430. The molecule has 0 unspecified atom stereocenters. The van der Waals surface area contributed by atoms with E-state index >= 15 is 0 Å². The highest BCUT2D eigenvalue weighted by atomic mass is 79.9. The maximum Gasteiger partial charge on any atom is 0.344 e. The van der Waals surface area contributed by atoms with Crippen LogP contribution in [0.4, 0.5) is 5.69 Å². The van der Waals surface area contributed by atoms with E-state index in [1.54, 1.807) is 12.1 Å². The molecule has 2 aromatic carbocycles. The Morgan fingerprint density at radius 1 is 1.33 bits per heavy atom. The van der Waals surface area contributed by atoms with Crippen LogP contribution in [0, 0.1) is 10.1 Å². The molecule has 1 N–H and O–H groups in total. The number of carboxylic acid groups (broad SMARTS) is 1. The average Bonchev–Trinajstić information content (AvgIpc) is 2.85. The van der Waals surface area contributed by atoms with Gasteiger partial charge in [0.2, 0.25) is 5.75 Å². The van der Waals surface area contributed by atoms with Crippen molar-refractivity contribution in [2.45, 2.75) is 51.0 Å². The number of rotatable bonds is 7. The van der Waals surface area contributed by atoms with Gasteiger partial charge in [0, 0.05) is 22.0 Å². The fourth-order valence-electron chi connectivity index (χ4n) is 4.18. The first-order valence-electron chi connectivity index (χ1n) is 11.3. The minimum atomic E-state index is -1.35. The van der Waals surface area contributed by atoms with Gasteiger partial charge >= 0.3 is 11.7 Å². The number of hydrogen-bond acceptors (Lipinski definition) is 7. The number of ether oxygens (including phenoxy) is 1. The van der Waals surface area contributed by atoms with Crippen molar-refractivity contribution in [1.29, 1.82) is 0 Å². The molecule has 1 aromatic heterocycles. The Labute approximate surface area is 218 Å². The van der Waals surface area contributed by atoms with E-state index in [0.29, 0.717) is 16.7 Å². The molecule has 0 amide bonds. The SMILES string of the molecule is C[C@H](Oc1c(Cl)cc(C=Nn2c(C3CCCCC3)nc3ccc(Br)cc3c2=O)cc1[N+](=O)[O-])C(=O)O. The predicted octanol–water partition coefficient (Wildman–Crippen LogP) is 5.50. The number of nitro benzene ring substituents is 1. The molecular weight excluding hydrogens is 556 g/mol. The lowest BCUT2D eigenvalue weighted by Gasteiger charge is -2.22. The second-order valence-corrected chi connectivity index (χ2v) is 9.86. The summed E-state index contributed by atoms with van der Waals surface area (Å²) in [7, 11) is 0. The van der Waals surface area contributed by atoms with Gasteiger partial charge in [-0.2, -0.15) is 9.78 Å². The molecule has 0 saturated heterocycles. The molecule has 1 fully saturated rings. The number of nitrogens with zero attached hydrogens (tertiary/aromatic N) is 4. The van der Waals surface area contributed by atoms with Gasteiger partial charge in [-0.05, 0) is 44.0 Å². The molecule has 10 nitrogen and oxygen atoms in total. The van der Waals surface area contributed by atoms with E-state index < -0.39 is 22.7 Å². The Morgan fingerprint density at radius 3 is 2.72 bits per heavy atom. The van der Waals surface area contributed by atoms with Gasteiger partial charge in [-0.25, -0.2) is 9.78 Å². The van der Waals surface area contributed by atoms with Crippen molar-refractivity contribution in [1.82, 2.24) is 9.66 Å². The molecule has 4 rings (SSSR count).